The van der Waals surface area contributed by atoms with Crippen LogP contribution >= 0.6 is 22.9 Å². The van der Waals surface area contributed by atoms with Gasteiger partial charge in [-0.05, 0) is 57.0 Å². The summed E-state index contributed by atoms with van der Waals surface area (Å²) in [6.45, 7) is 4.01. The van der Waals surface area contributed by atoms with Gasteiger partial charge in [-0.3, -0.25) is 9.36 Å². The topological polar surface area (TPSA) is 122 Å². The van der Waals surface area contributed by atoms with Gasteiger partial charge in [0.05, 0.1) is 15.2 Å². The van der Waals surface area contributed by atoms with Crippen molar-refractivity contribution in [2.24, 2.45) is 0 Å². The number of carbonyl (C=O) groups excluding carboxylic acids is 1. The molecule has 0 saturated heterocycles. The van der Waals surface area contributed by atoms with Crippen molar-refractivity contribution in [2.45, 2.75) is 36.4 Å². The maximum Gasteiger partial charge on any atom is 0.333 e. The number of aryl methyl sites for hydroxylation is 1. The van der Waals surface area contributed by atoms with Gasteiger partial charge in [-0.15, -0.1) is 11.3 Å². The summed E-state index contributed by atoms with van der Waals surface area (Å²) in [6, 6.07) is 5.15. The third-order valence-corrected chi connectivity index (χ3v) is 9.37. The third kappa shape index (κ3) is 4.08. The summed E-state index contributed by atoms with van der Waals surface area (Å²) < 4.78 is 43.5. The Morgan fingerprint density at radius 2 is 2.08 bits per heavy atom. The fraction of sp³-hybridized carbons (Fsp3) is 0.261. The highest BCUT2D eigenvalue weighted by molar-refractivity contribution is 7.92. The highest BCUT2D eigenvalue weighted by Gasteiger charge is 2.37. The molecular formula is C23H21ClFN5O4S2. The molecule has 13 heteroatoms. The minimum absolute atomic E-state index is 0.0264. The maximum absolute atomic E-state index is 15.5. The molecule has 2 aromatic heterocycles. The monoisotopic (exact) mass is 549 g/mol. The van der Waals surface area contributed by atoms with E-state index in [9.17, 15) is 18.0 Å². The summed E-state index contributed by atoms with van der Waals surface area (Å²) in [5, 5.41) is 6.00. The number of halogens is 2. The number of carbonyl (C=O) groups is 1. The smallest absolute Gasteiger partial charge is 0.333 e. The van der Waals surface area contributed by atoms with Gasteiger partial charge in [-0.1, -0.05) is 17.7 Å². The molecule has 0 spiro atoms. The first-order chi connectivity index (χ1) is 17.0. The van der Waals surface area contributed by atoms with Crippen molar-refractivity contribution in [3.8, 4) is 0 Å². The number of hydrogen-bond acceptors (Lipinski definition) is 7. The van der Waals surface area contributed by atoms with Gasteiger partial charge in [0.15, 0.2) is 0 Å². The van der Waals surface area contributed by atoms with Crippen LogP contribution in [0.4, 0.5) is 14.9 Å². The van der Waals surface area contributed by atoms with Gasteiger partial charge >= 0.3 is 6.03 Å². The van der Waals surface area contributed by atoms with E-state index in [0.29, 0.717) is 16.7 Å². The first-order valence-electron chi connectivity index (χ1n) is 11.0. The quantitative estimate of drug-likeness (QED) is 0.453. The van der Waals surface area contributed by atoms with Crippen molar-refractivity contribution < 1.29 is 17.6 Å². The molecule has 1 atom stereocenters. The number of urea groups is 1. The van der Waals surface area contributed by atoms with Crippen molar-refractivity contribution in [2.75, 3.05) is 11.9 Å². The summed E-state index contributed by atoms with van der Waals surface area (Å²) in [5.41, 5.74) is 0.861. The Balaban J connectivity index is 1.40. The number of hydrogen-bond donors (Lipinski definition) is 3. The van der Waals surface area contributed by atoms with Crippen LogP contribution in [-0.2, 0) is 22.0 Å². The van der Waals surface area contributed by atoms with Crippen molar-refractivity contribution in [1.82, 2.24) is 19.6 Å². The zero-order valence-corrected chi connectivity index (χ0v) is 21.6. The van der Waals surface area contributed by atoms with Crippen molar-refractivity contribution >= 4 is 55.6 Å². The number of anilines is 1. The number of sulfonamides is 1. The van der Waals surface area contributed by atoms with Crippen LogP contribution in [0.1, 0.15) is 24.7 Å². The molecule has 1 aliphatic carbocycles. The van der Waals surface area contributed by atoms with Gasteiger partial charge < -0.3 is 10.6 Å². The van der Waals surface area contributed by atoms with Gasteiger partial charge in [0.25, 0.3) is 15.6 Å². The van der Waals surface area contributed by atoms with Crippen molar-refractivity contribution in [3.63, 3.8) is 0 Å². The zero-order valence-electron chi connectivity index (χ0n) is 19.2. The molecule has 188 valence electrons. The summed E-state index contributed by atoms with van der Waals surface area (Å²) in [6.07, 6.45) is 3.38. The Labute approximate surface area is 214 Å². The normalized spacial score (nSPS) is 19.3. The molecule has 5 rings (SSSR count). The highest BCUT2D eigenvalue weighted by Crippen LogP contribution is 2.36. The van der Waals surface area contributed by atoms with E-state index >= 15 is 4.39 Å². The lowest BCUT2D eigenvalue weighted by Crippen LogP contribution is -2.43. The predicted octanol–water partition coefficient (Wildman–Crippen LogP) is 3.93. The molecule has 2 aliphatic rings. The standard InChI is InChI=1S/C23H21ClFN5O4S2/c1-12-27-20-14-8-10-26-16(14)4-3-15(20)21(31)30(12)23(2)9-7-13(11-17(23)25)28-22(32)29-36(33,34)19-6-5-18(24)35-19/h3-7,11,26H,8-10H2,1-2H3,(H2,28,29,32). The molecule has 2 amide bonds. The van der Waals surface area contributed by atoms with E-state index in [4.69, 9.17) is 11.6 Å². The zero-order chi connectivity index (χ0) is 25.8. The second-order valence-electron chi connectivity index (χ2n) is 8.71. The SMILES string of the molecule is Cc1nc2c3c(ccc2c(=O)n1C1(C)CC=C(NC(=O)NS(=O)(=O)c2ccc(Cl)s2)C=C1F)NCC3. The predicted molar refractivity (Wildman–Crippen MR) is 137 cm³/mol. The molecule has 3 aromatic rings. The fourth-order valence-corrected chi connectivity index (χ4v) is 6.94. The van der Waals surface area contributed by atoms with E-state index in [1.54, 1.807) is 19.9 Å². The van der Waals surface area contributed by atoms with Gasteiger partial charge in [0.2, 0.25) is 0 Å². The summed E-state index contributed by atoms with van der Waals surface area (Å²) in [4.78, 5) is 30.4. The Morgan fingerprint density at radius 3 is 2.78 bits per heavy atom. The van der Waals surface area contributed by atoms with Crippen LogP contribution in [0, 0.1) is 6.92 Å². The van der Waals surface area contributed by atoms with Crippen molar-refractivity contribution in [3.05, 3.63) is 74.0 Å². The number of amides is 2. The molecule has 9 nitrogen and oxygen atoms in total. The fourth-order valence-electron chi connectivity index (χ4n) is 4.55. The van der Waals surface area contributed by atoms with E-state index in [1.165, 1.54) is 22.8 Å². The second-order valence-corrected chi connectivity index (χ2v) is 12.3. The number of benzene rings is 1. The van der Waals surface area contributed by atoms with Crippen LogP contribution in [0.25, 0.3) is 10.9 Å². The van der Waals surface area contributed by atoms with Gasteiger partial charge in [-0.25, -0.2) is 27.3 Å². The van der Waals surface area contributed by atoms with Gasteiger partial charge in [0.1, 0.15) is 21.4 Å². The van der Waals surface area contributed by atoms with Crippen LogP contribution in [0.3, 0.4) is 0 Å². The molecule has 0 radical (unpaired) electrons. The summed E-state index contributed by atoms with van der Waals surface area (Å²) in [5.74, 6) is -0.315. The number of thiophene rings is 1. The molecule has 1 unspecified atom stereocenters. The molecule has 0 bridgehead atoms. The second kappa shape index (κ2) is 8.71. The molecule has 3 heterocycles. The first kappa shape index (κ1) is 24.5. The van der Waals surface area contributed by atoms with Gasteiger partial charge in [-0.2, -0.15) is 0 Å². The largest absolute Gasteiger partial charge is 0.384 e. The molecule has 1 aromatic carbocycles. The number of allylic oxidation sites excluding steroid dienone is 3. The van der Waals surface area contributed by atoms with E-state index in [2.05, 4.69) is 15.6 Å². The summed E-state index contributed by atoms with van der Waals surface area (Å²) in [7, 11) is -4.13. The van der Waals surface area contributed by atoms with Crippen LogP contribution in [0.2, 0.25) is 4.34 Å². The lowest BCUT2D eigenvalue weighted by Gasteiger charge is -2.33. The Kier molecular flexibility index (Phi) is 5.92. The minimum Gasteiger partial charge on any atom is -0.384 e. The number of aromatic nitrogens is 2. The Morgan fingerprint density at radius 1 is 1.31 bits per heavy atom. The molecule has 0 saturated carbocycles. The van der Waals surface area contributed by atoms with Crippen molar-refractivity contribution in [1.29, 1.82) is 0 Å². The average Bonchev–Trinajstić information content (AvgIpc) is 3.45. The molecule has 3 N–H and O–H groups in total. The molecule has 0 fully saturated rings. The van der Waals surface area contributed by atoms with E-state index in [-0.39, 0.29) is 26.2 Å². The first-order valence-corrected chi connectivity index (χ1v) is 13.6. The van der Waals surface area contributed by atoms with E-state index < -0.39 is 27.4 Å². The van der Waals surface area contributed by atoms with Crippen LogP contribution in [0.15, 0.2) is 56.9 Å². The summed E-state index contributed by atoms with van der Waals surface area (Å²) >= 11 is 6.56. The van der Waals surface area contributed by atoms with Crippen LogP contribution in [-0.4, -0.2) is 30.5 Å². The van der Waals surface area contributed by atoms with Crippen LogP contribution in [0.5, 0.6) is 0 Å². The third-order valence-electron chi connectivity index (χ3n) is 6.31. The maximum atomic E-state index is 15.5. The van der Waals surface area contributed by atoms with Gasteiger partial charge in [0, 0.05) is 23.5 Å². The minimum atomic E-state index is -4.13. The van der Waals surface area contributed by atoms with Crippen LogP contribution < -0.4 is 20.9 Å². The Hall–Kier alpha value is -3.22. The number of rotatable bonds is 4. The van der Waals surface area contributed by atoms with E-state index in [1.807, 2.05) is 10.8 Å². The highest BCUT2D eigenvalue weighted by atomic mass is 35.5. The molecule has 36 heavy (non-hydrogen) atoms. The average molecular weight is 550 g/mol. The molecular weight excluding hydrogens is 529 g/mol. The number of fused-ring (bicyclic) bond motifs is 3. The lowest BCUT2D eigenvalue weighted by atomic mass is 9.90. The lowest BCUT2D eigenvalue weighted by molar-refractivity contribution is 0.247. The molecule has 1 aliphatic heterocycles. The number of nitrogens with one attached hydrogen (secondary N) is 3. The Bertz CT molecular complexity index is 1660. The number of nitrogens with zero attached hydrogens (tertiary/aromatic N) is 2. The van der Waals surface area contributed by atoms with E-state index in [0.717, 1.165) is 41.6 Å².